The zero-order chi connectivity index (χ0) is 11.7. The van der Waals surface area contributed by atoms with Gasteiger partial charge in [0.2, 0.25) is 0 Å². The van der Waals surface area contributed by atoms with E-state index >= 15 is 0 Å². The summed E-state index contributed by atoms with van der Waals surface area (Å²) in [5.41, 5.74) is -0.127. The quantitative estimate of drug-likeness (QED) is 0.677. The van der Waals surface area contributed by atoms with Crippen LogP contribution in [0.5, 0.6) is 0 Å². The molecule has 0 radical (unpaired) electrons. The number of rotatable bonds is 1. The lowest BCUT2D eigenvalue weighted by Crippen LogP contribution is -2.38. The molecule has 1 fully saturated rings. The van der Waals surface area contributed by atoms with Crippen LogP contribution in [0.1, 0.15) is 53.4 Å². The molecule has 0 spiro atoms. The maximum atomic E-state index is 10.5. The summed E-state index contributed by atoms with van der Waals surface area (Å²) in [6.45, 7) is 8.65. The SMILES string of the molecule is CC1(OC(=O)O)CCC(C(C)(C)C)CC1. The van der Waals surface area contributed by atoms with Gasteiger partial charge in [0.15, 0.2) is 0 Å². The third-order valence-corrected chi connectivity index (χ3v) is 3.60. The predicted molar refractivity (Wildman–Crippen MR) is 58.9 cm³/mol. The van der Waals surface area contributed by atoms with E-state index in [0.717, 1.165) is 25.7 Å². The van der Waals surface area contributed by atoms with Gasteiger partial charge in [0.05, 0.1) is 0 Å². The average Bonchev–Trinajstić information content (AvgIpc) is 2.00. The van der Waals surface area contributed by atoms with Crippen molar-refractivity contribution in [2.75, 3.05) is 0 Å². The van der Waals surface area contributed by atoms with Gasteiger partial charge in [0.1, 0.15) is 5.60 Å². The Hall–Kier alpha value is -0.730. The molecule has 0 bridgehead atoms. The van der Waals surface area contributed by atoms with E-state index in [0.29, 0.717) is 11.3 Å². The largest absolute Gasteiger partial charge is 0.506 e. The molecule has 3 heteroatoms. The highest BCUT2D eigenvalue weighted by molar-refractivity contribution is 5.57. The monoisotopic (exact) mass is 214 g/mol. The summed E-state index contributed by atoms with van der Waals surface area (Å²) in [5.74, 6) is 0.683. The van der Waals surface area contributed by atoms with Gasteiger partial charge in [-0.25, -0.2) is 4.79 Å². The van der Waals surface area contributed by atoms with Crippen LogP contribution in [0.3, 0.4) is 0 Å². The third kappa shape index (κ3) is 3.40. The molecule has 0 unspecified atom stereocenters. The molecule has 0 aromatic carbocycles. The summed E-state index contributed by atoms with van der Waals surface area (Å²) in [7, 11) is 0. The Morgan fingerprint density at radius 2 is 1.80 bits per heavy atom. The minimum atomic E-state index is -1.15. The summed E-state index contributed by atoms with van der Waals surface area (Å²) in [5, 5.41) is 8.63. The van der Waals surface area contributed by atoms with Crippen LogP contribution < -0.4 is 0 Å². The molecule has 0 saturated heterocycles. The van der Waals surface area contributed by atoms with Crippen LogP contribution in [0.25, 0.3) is 0 Å². The topological polar surface area (TPSA) is 46.5 Å². The third-order valence-electron chi connectivity index (χ3n) is 3.60. The van der Waals surface area contributed by atoms with Crippen molar-refractivity contribution in [1.82, 2.24) is 0 Å². The summed E-state index contributed by atoms with van der Waals surface area (Å²) >= 11 is 0. The van der Waals surface area contributed by atoms with Crippen LogP contribution in [-0.2, 0) is 4.74 Å². The second kappa shape index (κ2) is 4.03. The number of carboxylic acid groups (broad SMARTS) is 1. The number of ether oxygens (including phenoxy) is 1. The van der Waals surface area contributed by atoms with E-state index in [1.807, 2.05) is 6.92 Å². The Balaban J connectivity index is 2.51. The summed E-state index contributed by atoms with van der Waals surface area (Å²) in [6, 6.07) is 0. The molecule has 0 aliphatic heterocycles. The lowest BCUT2D eigenvalue weighted by Gasteiger charge is -2.41. The smallest absolute Gasteiger partial charge is 0.450 e. The highest BCUT2D eigenvalue weighted by Gasteiger charge is 2.38. The number of carbonyl (C=O) groups is 1. The molecule has 0 heterocycles. The summed E-state index contributed by atoms with van der Waals surface area (Å²) in [6.07, 6.45) is 2.68. The Morgan fingerprint density at radius 3 is 2.13 bits per heavy atom. The van der Waals surface area contributed by atoms with E-state index in [2.05, 4.69) is 20.8 Å². The van der Waals surface area contributed by atoms with Crippen molar-refractivity contribution in [1.29, 1.82) is 0 Å². The number of hydrogen-bond donors (Lipinski definition) is 1. The fourth-order valence-electron chi connectivity index (χ4n) is 2.41. The molecule has 1 N–H and O–H groups in total. The van der Waals surface area contributed by atoms with Gasteiger partial charge in [-0.15, -0.1) is 0 Å². The van der Waals surface area contributed by atoms with Gasteiger partial charge < -0.3 is 9.84 Å². The average molecular weight is 214 g/mol. The standard InChI is InChI=1S/C12H22O3/c1-11(2,3)9-5-7-12(4,8-6-9)15-10(13)14/h9H,5-8H2,1-4H3,(H,13,14). The van der Waals surface area contributed by atoms with Crippen LogP contribution >= 0.6 is 0 Å². The Labute approximate surface area is 91.8 Å². The van der Waals surface area contributed by atoms with E-state index in [-0.39, 0.29) is 0 Å². The van der Waals surface area contributed by atoms with Crippen LogP contribution in [-0.4, -0.2) is 16.9 Å². The highest BCUT2D eigenvalue weighted by atomic mass is 16.7. The normalized spacial score (nSPS) is 32.4. The molecule has 0 aromatic rings. The van der Waals surface area contributed by atoms with Crippen molar-refractivity contribution in [2.45, 2.75) is 59.0 Å². The van der Waals surface area contributed by atoms with Crippen molar-refractivity contribution in [3.8, 4) is 0 Å². The Morgan fingerprint density at radius 1 is 1.33 bits per heavy atom. The molecular weight excluding hydrogens is 192 g/mol. The minimum absolute atomic E-state index is 0.324. The molecule has 3 nitrogen and oxygen atoms in total. The van der Waals surface area contributed by atoms with Gasteiger partial charge >= 0.3 is 6.16 Å². The van der Waals surface area contributed by atoms with Gasteiger partial charge in [-0.2, -0.15) is 0 Å². The van der Waals surface area contributed by atoms with Gasteiger partial charge in [-0.1, -0.05) is 20.8 Å². The second-order valence-corrected chi connectivity index (χ2v) is 5.96. The van der Waals surface area contributed by atoms with E-state index in [4.69, 9.17) is 9.84 Å². The molecule has 1 aliphatic rings. The van der Waals surface area contributed by atoms with E-state index in [1.54, 1.807) is 0 Å². The first kappa shape index (κ1) is 12.3. The van der Waals surface area contributed by atoms with E-state index in [1.165, 1.54) is 0 Å². The number of hydrogen-bond acceptors (Lipinski definition) is 2. The first-order valence-electron chi connectivity index (χ1n) is 5.65. The lowest BCUT2D eigenvalue weighted by atomic mass is 9.69. The van der Waals surface area contributed by atoms with Gasteiger partial charge in [0.25, 0.3) is 0 Å². The van der Waals surface area contributed by atoms with Crippen molar-refractivity contribution in [3.05, 3.63) is 0 Å². The van der Waals surface area contributed by atoms with Crippen LogP contribution in [0.4, 0.5) is 4.79 Å². The molecule has 1 aliphatic carbocycles. The molecule has 1 saturated carbocycles. The van der Waals surface area contributed by atoms with Gasteiger partial charge in [-0.05, 0) is 43.9 Å². The predicted octanol–water partition coefficient (Wildman–Crippen LogP) is 3.68. The van der Waals surface area contributed by atoms with Crippen LogP contribution in [0.15, 0.2) is 0 Å². The highest BCUT2D eigenvalue weighted by Crippen LogP contribution is 2.42. The van der Waals surface area contributed by atoms with E-state index in [9.17, 15) is 4.79 Å². The molecule has 15 heavy (non-hydrogen) atoms. The first-order valence-corrected chi connectivity index (χ1v) is 5.65. The van der Waals surface area contributed by atoms with Crippen molar-refractivity contribution >= 4 is 6.16 Å². The molecule has 88 valence electrons. The molecule has 1 rings (SSSR count). The maximum absolute atomic E-state index is 10.5. The molecule has 0 atom stereocenters. The summed E-state index contributed by atoms with van der Waals surface area (Å²) < 4.78 is 4.96. The van der Waals surface area contributed by atoms with Gasteiger partial charge in [-0.3, -0.25) is 0 Å². The van der Waals surface area contributed by atoms with E-state index < -0.39 is 11.8 Å². The zero-order valence-corrected chi connectivity index (χ0v) is 10.2. The maximum Gasteiger partial charge on any atom is 0.506 e. The van der Waals surface area contributed by atoms with Crippen molar-refractivity contribution in [3.63, 3.8) is 0 Å². The Kier molecular flexibility index (Phi) is 3.31. The molecular formula is C12H22O3. The van der Waals surface area contributed by atoms with Crippen molar-refractivity contribution in [2.24, 2.45) is 11.3 Å². The Bertz CT molecular complexity index is 232. The van der Waals surface area contributed by atoms with Crippen molar-refractivity contribution < 1.29 is 14.6 Å². The fraction of sp³-hybridized carbons (Fsp3) is 0.917. The van der Waals surface area contributed by atoms with Gasteiger partial charge in [0, 0.05) is 0 Å². The minimum Gasteiger partial charge on any atom is -0.450 e. The fourth-order valence-corrected chi connectivity index (χ4v) is 2.41. The molecule has 0 aromatic heterocycles. The van der Waals surface area contributed by atoms with Crippen LogP contribution in [0, 0.1) is 11.3 Å². The lowest BCUT2D eigenvalue weighted by molar-refractivity contribution is -0.0466. The molecule has 0 amide bonds. The zero-order valence-electron chi connectivity index (χ0n) is 10.2. The second-order valence-electron chi connectivity index (χ2n) is 5.96. The van der Waals surface area contributed by atoms with Crippen LogP contribution in [0.2, 0.25) is 0 Å². The first-order chi connectivity index (χ1) is 6.73. The summed E-state index contributed by atoms with van der Waals surface area (Å²) in [4.78, 5) is 10.5.